The Hall–Kier alpha value is -1.20. The molecule has 1 aromatic heterocycles. The Morgan fingerprint density at radius 3 is 2.58 bits per heavy atom. The second kappa shape index (κ2) is 5.43. The fraction of sp³-hybridized carbons (Fsp3) is 0.385. The number of fused-ring (bicyclic) bond motifs is 1. The minimum absolute atomic E-state index is 0.316. The summed E-state index contributed by atoms with van der Waals surface area (Å²) in [6, 6.07) is 8.13. The van der Waals surface area contributed by atoms with Gasteiger partial charge in [0.2, 0.25) is 0 Å². The largest absolute Gasteiger partial charge is 0.365 e. The third kappa shape index (κ3) is 2.72. The van der Waals surface area contributed by atoms with Gasteiger partial charge in [-0.2, -0.15) is 0 Å². The van der Waals surface area contributed by atoms with Crippen LogP contribution in [0.4, 0.5) is 5.82 Å². The third-order valence-electron chi connectivity index (χ3n) is 3.37. The second-order valence-electron chi connectivity index (χ2n) is 4.65. The highest BCUT2D eigenvalue weighted by Gasteiger charge is 2.19. The van der Waals surface area contributed by atoms with E-state index >= 15 is 0 Å². The molecule has 2 heterocycles. The lowest BCUT2D eigenvalue weighted by Crippen LogP contribution is -2.29. The lowest BCUT2D eigenvalue weighted by atomic mass is 10.1. The summed E-state index contributed by atoms with van der Waals surface area (Å²) < 4.78 is 11.4. The number of benzene rings is 1. The van der Waals surface area contributed by atoms with Crippen molar-refractivity contribution in [3.63, 3.8) is 0 Å². The molecule has 0 bridgehead atoms. The molecule has 0 saturated carbocycles. The Bertz CT molecular complexity index is 624. The first-order valence-corrected chi connectivity index (χ1v) is 8.13. The summed E-state index contributed by atoms with van der Waals surface area (Å²) in [5, 5.41) is 13.8. The first-order valence-electron chi connectivity index (χ1n) is 6.26. The average molecular weight is 296 g/mol. The van der Waals surface area contributed by atoms with E-state index in [2.05, 4.69) is 15.5 Å². The molecular weight excluding hydrogens is 282 g/mol. The predicted molar refractivity (Wildman–Crippen MR) is 79.1 cm³/mol. The molecule has 1 saturated heterocycles. The van der Waals surface area contributed by atoms with Gasteiger partial charge in [-0.25, -0.2) is 0 Å². The Morgan fingerprint density at radius 2 is 1.84 bits per heavy atom. The van der Waals surface area contributed by atoms with E-state index in [1.807, 2.05) is 24.3 Å². The van der Waals surface area contributed by atoms with Crippen molar-refractivity contribution < 1.29 is 4.21 Å². The van der Waals surface area contributed by atoms with Crippen molar-refractivity contribution in [2.24, 2.45) is 0 Å². The lowest BCUT2D eigenvalue weighted by molar-refractivity contribution is 0.622. The van der Waals surface area contributed by atoms with Crippen LogP contribution in [0.2, 0.25) is 5.15 Å². The number of rotatable bonds is 2. The van der Waals surface area contributed by atoms with Crippen LogP contribution in [0.1, 0.15) is 12.8 Å². The second-order valence-corrected chi connectivity index (χ2v) is 6.71. The highest BCUT2D eigenvalue weighted by Crippen LogP contribution is 2.27. The van der Waals surface area contributed by atoms with Crippen LogP contribution in [0.15, 0.2) is 24.3 Å². The summed E-state index contributed by atoms with van der Waals surface area (Å²) in [4.78, 5) is 0. The maximum absolute atomic E-state index is 11.4. The predicted octanol–water partition coefficient (Wildman–Crippen LogP) is 2.61. The zero-order valence-corrected chi connectivity index (χ0v) is 11.9. The van der Waals surface area contributed by atoms with Crippen LogP contribution in [0.25, 0.3) is 10.8 Å². The molecule has 1 aliphatic rings. The minimum Gasteiger partial charge on any atom is -0.365 e. The fourth-order valence-electron chi connectivity index (χ4n) is 2.31. The molecule has 0 amide bonds. The topological polar surface area (TPSA) is 54.9 Å². The Balaban J connectivity index is 1.89. The van der Waals surface area contributed by atoms with Gasteiger partial charge in [0.25, 0.3) is 0 Å². The van der Waals surface area contributed by atoms with Crippen LogP contribution in [0, 0.1) is 0 Å². The number of nitrogens with zero attached hydrogens (tertiary/aromatic N) is 2. The van der Waals surface area contributed by atoms with Crippen molar-refractivity contribution >= 4 is 39.0 Å². The maximum Gasteiger partial charge on any atom is 0.159 e. The van der Waals surface area contributed by atoms with Gasteiger partial charge in [0.05, 0.1) is 0 Å². The molecule has 2 aromatic rings. The van der Waals surface area contributed by atoms with Gasteiger partial charge in [-0.15, -0.1) is 10.2 Å². The van der Waals surface area contributed by atoms with Crippen molar-refractivity contribution in [2.75, 3.05) is 16.8 Å². The maximum atomic E-state index is 11.4. The fourth-order valence-corrected chi connectivity index (χ4v) is 3.81. The van der Waals surface area contributed by atoms with Crippen LogP contribution >= 0.6 is 11.6 Å². The molecule has 0 atom stereocenters. The van der Waals surface area contributed by atoms with Crippen LogP contribution < -0.4 is 5.32 Å². The molecule has 0 spiro atoms. The summed E-state index contributed by atoms with van der Waals surface area (Å²) >= 11 is 6.05. The summed E-state index contributed by atoms with van der Waals surface area (Å²) in [5.41, 5.74) is 0. The van der Waals surface area contributed by atoms with Crippen molar-refractivity contribution in [2.45, 2.75) is 18.9 Å². The van der Waals surface area contributed by atoms with Crippen LogP contribution in [-0.2, 0) is 10.8 Å². The third-order valence-corrected chi connectivity index (χ3v) is 5.03. The summed E-state index contributed by atoms with van der Waals surface area (Å²) in [6.07, 6.45) is 1.82. The zero-order chi connectivity index (χ0) is 13.2. The first kappa shape index (κ1) is 12.8. The lowest BCUT2D eigenvalue weighted by Gasteiger charge is -2.23. The van der Waals surface area contributed by atoms with Gasteiger partial charge in [0, 0.05) is 39.1 Å². The Morgan fingerprint density at radius 1 is 1.16 bits per heavy atom. The highest BCUT2D eigenvalue weighted by atomic mass is 35.5. The van der Waals surface area contributed by atoms with E-state index in [1.54, 1.807) is 0 Å². The standard InChI is InChI=1S/C13H14ClN3OS/c14-12-10-3-1-2-4-11(10)13(17-16-12)15-9-5-7-19(18)8-6-9/h1-4,9H,5-8H2,(H,15,17). The van der Waals surface area contributed by atoms with E-state index in [1.165, 1.54) is 0 Å². The first-order chi connectivity index (χ1) is 9.24. The molecule has 0 radical (unpaired) electrons. The molecule has 19 heavy (non-hydrogen) atoms. The summed E-state index contributed by atoms with van der Waals surface area (Å²) in [7, 11) is -0.647. The molecule has 1 aromatic carbocycles. The molecule has 0 unspecified atom stereocenters. The molecule has 1 fully saturated rings. The minimum atomic E-state index is -0.647. The van der Waals surface area contributed by atoms with Gasteiger partial charge in [0.1, 0.15) is 0 Å². The summed E-state index contributed by atoms with van der Waals surface area (Å²) in [5.74, 6) is 2.28. The van der Waals surface area contributed by atoms with Gasteiger partial charge in [-0.1, -0.05) is 35.9 Å². The van der Waals surface area contributed by atoms with Gasteiger partial charge in [-0.05, 0) is 12.8 Å². The molecule has 0 aliphatic carbocycles. The Kier molecular flexibility index (Phi) is 3.66. The number of hydrogen-bond donors (Lipinski definition) is 1. The van der Waals surface area contributed by atoms with E-state index in [0.717, 1.165) is 40.9 Å². The van der Waals surface area contributed by atoms with Crippen molar-refractivity contribution in [3.05, 3.63) is 29.4 Å². The highest BCUT2D eigenvalue weighted by molar-refractivity contribution is 7.85. The normalized spacial score (nSPS) is 23.4. The molecule has 6 heteroatoms. The number of anilines is 1. The SMILES string of the molecule is O=S1CCC(Nc2nnc(Cl)c3ccccc23)CC1. The number of halogens is 1. The van der Waals surface area contributed by atoms with Gasteiger partial charge in [-0.3, -0.25) is 4.21 Å². The van der Waals surface area contributed by atoms with Crippen LogP contribution in [0.3, 0.4) is 0 Å². The van der Waals surface area contributed by atoms with Gasteiger partial charge in [0.15, 0.2) is 11.0 Å². The molecule has 100 valence electrons. The van der Waals surface area contributed by atoms with Crippen molar-refractivity contribution in [3.8, 4) is 0 Å². The zero-order valence-electron chi connectivity index (χ0n) is 10.3. The van der Waals surface area contributed by atoms with Crippen LogP contribution in [-0.4, -0.2) is 32.0 Å². The van der Waals surface area contributed by atoms with Crippen molar-refractivity contribution in [1.29, 1.82) is 0 Å². The van der Waals surface area contributed by atoms with E-state index < -0.39 is 10.8 Å². The molecule has 3 rings (SSSR count). The number of nitrogens with one attached hydrogen (secondary N) is 1. The smallest absolute Gasteiger partial charge is 0.159 e. The molecular formula is C13H14ClN3OS. The monoisotopic (exact) mass is 295 g/mol. The number of hydrogen-bond acceptors (Lipinski definition) is 4. The molecule has 4 nitrogen and oxygen atoms in total. The van der Waals surface area contributed by atoms with E-state index in [-0.39, 0.29) is 0 Å². The van der Waals surface area contributed by atoms with E-state index in [9.17, 15) is 4.21 Å². The van der Waals surface area contributed by atoms with Crippen molar-refractivity contribution in [1.82, 2.24) is 10.2 Å². The number of aromatic nitrogens is 2. The average Bonchev–Trinajstić information content (AvgIpc) is 2.45. The molecule has 1 aliphatic heterocycles. The summed E-state index contributed by atoms with van der Waals surface area (Å²) in [6.45, 7) is 0. The van der Waals surface area contributed by atoms with E-state index in [4.69, 9.17) is 11.6 Å². The quantitative estimate of drug-likeness (QED) is 0.925. The molecule has 1 N–H and O–H groups in total. The van der Waals surface area contributed by atoms with Gasteiger partial charge < -0.3 is 5.32 Å². The van der Waals surface area contributed by atoms with Crippen LogP contribution in [0.5, 0.6) is 0 Å². The van der Waals surface area contributed by atoms with E-state index in [0.29, 0.717) is 11.2 Å². The van der Waals surface area contributed by atoms with Gasteiger partial charge >= 0.3 is 0 Å². The Labute approximate surface area is 119 Å².